The number of carboxylic acid groups (broad SMARTS) is 2. The molecule has 2 rings (SSSR count). The second-order valence-electron chi connectivity index (χ2n) is 4.00. The Labute approximate surface area is 163 Å². The van der Waals surface area contributed by atoms with Gasteiger partial charge in [0.05, 0.1) is 11.1 Å². The Morgan fingerprint density at radius 2 is 1.52 bits per heavy atom. The summed E-state index contributed by atoms with van der Waals surface area (Å²) >= 11 is 0. The van der Waals surface area contributed by atoms with E-state index in [9.17, 15) is 18.0 Å². The van der Waals surface area contributed by atoms with Gasteiger partial charge in [-0.05, 0) is 29.7 Å². The van der Waals surface area contributed by atoms with E-state index in [1.165, 1.54) is 18.2 Å². The van der Waals surface area contributed by atoms with Gasteiger partial charge in [0.25, 0.3) is 10.1 Å². The molecule has 0 aliphatic carbocycles. The van der Waals surface area contributed by atoms with Crippen LogP contribution >= 0.6 is 0 Å². The van der Waals surface area contributed by atoms with E-state index < -0.39 is 27.0 Å². The zero-order valence-electron chi connectivity index (χ0n) is 11.8. The average Bonchev–Trinajstić information content (AvgIpc) is 2.35. The van der Waals surface area contributed by atoms with Crippen LogP contribution in [0.3, 0.4) is 0 Å². The minimum Gasteiger partial charge on any atom is -1.00 e. The number of fused-ring (bicyclic) bond motifs is 1. The van der Waals surface area contributed by atoms with E-state index >= 15 is 0 Å². The third kappa shape index (κ3) is 3.89. The maximum Gasteiger partial charge on any atom is 1.00 e. The van der Waals surface area contributed by atoms with Crippen LogP contribution in [-0.4, -0.2) is 35.1 Å². The van der Waals surface area contributed by atoms with Crippen molar-refractivity contribution in [2.75, 3.05) is 0 Å². The number of carboxylic acids is 2. The molecule has 0 spiro atoms. The van der Waals surface area contributed by atoms with Crippen molar-refractivity contribution < 1.29 is 85.6 Å². The molecule has 106 valence electrons. The first-order chi connectivity index (χ1) is 9.20. The molecule has 0 aromatic heterocycles. The van der Waals surface area contributed by atoms with Crippen molar-refractivity contribution in [1.82, 2.24) is 0 Å². The minimum absolute atomic E-state index is 0. The Morgan fingerprint density at radius 3 is 2.00 bits per heavy atom. The first kappa shape index (κ1) is 18.2. The molecule has 0 atom stereocenters. The van der Waals surface area contributed by atoms with Crippen molar-refractivity contribution in [3.63, 3.8) is 0 Å². The van der Waals surface area contributed by atoms with Crippen molar-refractivity contribution in [1.29, 1.82) is 0 Å². The van der Waals surface area contributed by atoms with Crippen molar-refractivity contribution >= 4 is 32.8 Å². The van der Waals surface area contributed by atoms with E-state index in [2.05, 4.69) is 0 Å². The van der Waals surface area contributed by atoms with Crippen molar-refractivity contribution in [2.45, 2.75) is 4.90 Å². The molecule has 0 amide bonds. The summed E-state index contributed by atoms with van der Waals surface area (Å²) in [5, 5.41) is 17.9. The summed E-state index contributed by atoms with van der Waals surface area (Å²) < 4.78 is 31.8. The second kappa shape index (κ2) is 6.52. The van der Waals surface area contributed by atoms with Crippen molar-refractivity contribution in [3.8, 4) is 0 Å². The van der Waals surface area contributed by atoms with Crippen LogP contribution < -0.4 is 51.4 Å². The SMILES string of the molecule is O=C(O)c1cc(S(=O)(=O)O)c2cc(C(=O)O)ccc2c1.[H-].[K+]. The van der Waals surface area contributed by atoms with Gasteiger partial charge in [-0.15, -0.1) is 0 Å². The summed E-state index contributed by atoms with van der Waals surface area (Å²) in [6.07, 6.45) is 0. The summed E-state index contributed by atoms with van der Waals surface area (Å²) in [4.78, 5) is 21.2. The van der Waals surface area contributed by atoms with E-state index in [4.69, 9.17) is 14.8 Å². The largest absolute Gasteiger partial charge is 1.00 e. The Morgan fingerprint density at radius 1 is 0.952 bits per heavy atom. The van der Waals surface area contributed by atoms with Gasteiger partial charge in [0.15, 0.2) is 0 Å². The molecule has 0 saturated heterocycles. The molecule has 0 fully saturated rings. The molecule has 0 heterocycles. The van der Waals surface area contributed by atoms with Gasteiger partial charge in [-0.2, -0.15) is 8.42 Å². The van der Waals surface area contributed by atoms with Gasteiger partial charge < -0.3 is 11.6 Å². The fourth-order valence-corrected chi connectivity index (χ4v) is 2.52. The molecule has 0 unspecified atom stereocenters. The zero-order chi connectivity index (χ0) is 15.1. The summed E-state index contributed by atoms with van der Waals surface area (Å²) in [5.74, 6) is -2.63. The number of hydrogen-bond donors (Lipinski definition) is 3. The molecular weight excluding hydrogens is 327 g/mol. The predicted molar refractivity (Wildman–Crippen MR) is 68.8 cm³/mol. The van der Waals surface area contributed by atoms with Crippen molar-refractivity contribution in [3.05, 3.63) is 41.5 Å². The molecule has 0 radical (unpaired) electrons. The maximum absolute atomic E-state index is 11.3. The molecule has 3 N–H and O–H groups in total. The third-order valence-electron chi connectivity index (χ3n) is 2.69. The molecule has 2 aromatic carbocycles. The maximum atomic E-state index is 11.3. The zero-order valence-corrected chi connectivity index (χ0v) is 14.7. The monoisotopic (exact) mass is 336 g/mol. The summed E-state index contributed by atoms with van der Waals surface area (Å²) in [6, 6.07) is 5.53. The van der Waals surface area contributed by atoms with Gasteiger partial charge in [0.2, 0.25) is 0 Å². The molecule has 0 aliphatic rings. The van der Waals surface area contributed by atoms with Gasteiger partial charge in [-0.25, -0.2) is 9.59 Å². The third-order valence-corrected chi connectivity index (χ3v) is 3.58. The van der Waals surface area contributed by atoms with E-state index in [1.54, 1.807) is 0 Å². The van der Waals surface area contributed by atoms with Crippen LogP contribution in [0.5, 0.6) is 0 Å². The van der Waals surface area contributed by atoms with Gasteiger partial charge in [0, 0.05) is 5.39 Å². The molecular formula is C12H9KO7S. The second-order valence-corrected chi connectivity index (χ2v) is 5.39. The van der Waals surface area contributed by atoms with Gasteiger partial charge in [-0.1, -0.05) is 6.07 Å². The van der Waals surface area contributed by atoms with Crippen LogP contribution in [0.25, 0.3) is 10.8 Å². The molecule has 21 heavy (non-hydrogen) atoms. The molecule has 0 aliphatic heterocycles. The van der Waals surface area contributed by atoms with Crippen molar-refractivity contribution in [2.24, 2.45) is 0 Å². The topological polar surface area (TPSA) is 129 Å². The van der Waals surface area contributed by atoms with E-state index in [0.29, 0.717) is 0 Å². The van der Waals surface area contributed by atoms with Crippen LogP contribution in [0.1, 0.15) is 22.1 Å². The van der Waals surface area contributed by atoms with E-state index in [0.717, 1.165) is 12.1 Å². The van der Waals surface area contributed by atoms with Crippen LogP contribution in [0.4, 0.5) is 0 Å². The number of aromatic carboxylic acids is 2. The number of rotatable bonds is 3. The minimum atomic E-state index is -4.68. The van der Waals surface area contributed by atoms with Crippen LogP contribution in [0.15, 0.2) is 35.2 Å². The molecule has 7 nitrogen and oxygen atoms in total. The van der Waals surface area contributed by atoms with Gasteiger partial charge in [-0.3, -0.25) is 4.55 Å². The Kier molecular flexibility index (Phi) is 5.67. The Balaban J connectivity index is 0.00000220. The fourth-order valence-electron chi connectivity index (χ4n) is 1.79. The quantitative estimate of drug-likeness (QED) is 0.464. The van der Waals surface area contributed by atoms with Gasteiger partial charge >= 0.3 is 63.3 Å². The normalized spacial score (nSPS) is 10.9. The van der Waals surface area contributed by atoms with Crippen LogP contribution in [0, 0.1) is 0 Å². The number of benzene rings is 2. The smallest absolute Gasteiger partial charge is 1.00 e. The summed E-state index contributed by atoms with van der Waals surface area (Å²) in [5.41, 5.74) is -0.501. The predicted octanol–water partition coefficient (Wildman–Crippen LogP) is -1.40. The van der Waals surface area contributed by atoms with Crippen LogP contribution in [-0.2, 0) is 10.1 Å². The average molecular weight is 336 g/mol. The fraction of sp³-hybridized carbons (Fsp3) is 0. The molecule has 0 saturated carbocycles. The Hall–Kier alpha value is -0.814. The summed E-state index contributed by atoms with van der Waals surface area (Å²) in [6.45, 7) is 0. The first-order valence-electron chi connectivity index (χ1n) is 5.22. The number of carbonyl (C=O) groups is 2. The number of hydrogen-bond acceptors (Lipinski definition) is 4. The van der Waals surface area contributed by atoms with Gasteiger partial charge in [0.1, 0.15) is 4.90 Å². The first-order valence-corrected chi connectivity index (χ1v) is 6.66. The van der Waals surface area contributed by atoms with Crippen LogP contribution in [0.2, 0.25) is 0 Å². The molecule has 9 heteroatoms. The van der Waals surface area contributed by atoms with E-state index in [1.807, 2.05) is 0 Å². The Bertz CT molecular complexity index is 848. The standard InChI is InChI=1S/C12H8O7S.K.H/c13-11(14)7-2-1-6-3-8(12(15)16)5-10(9(6)4-7)20(17,18)19;;/h1-5H,(H,13,14)(H,15,16)(H,17,18,19);;/q;+1;-1. The van der Waals surface area contributed by atoms with E-state index in [-0.39, 0.29) is 74.7 Å². The molecule has 0 bridgehead atoms. The summed E-state index contributed by atoms with van der Waals surface area (Å²) in [7, 11) is -4.68. The molecule has 2 aromatic rings.